The van der Waals surface area contributed by atoms with Gasteiger partial charge in [-0.3, -0.25) is 19.2 Å². The Morgan fingerprint density at radius 1 is 1.04 bits per heavy atom. The van der Waals surface area contributed by atoms with Crippen LogP contribution in [0.2, 0.25) is 5.02 Å². The minimum atomic E-state index is -4.72. The van der Waals surface area contributed by atoms with Gasteiger partial charge in [0, 0.05) is 27.1 Å². The second kappa shape index (κ2) is 12.1. The summed E-state index contributed by atoms with van der Waals surface area (Å²) in [6, 6.07) is 13.4. The lowest BCUT2D eigenvalue weighted by Crippen LogP contribution is -2.32. The molecule has 6 rings (SSSR count). The van der Waals surface area contributed by atoms with Gasteiger partial charge in [-0.1, -0.05) is 40.8 Å². The number of anilines is 2. The van der Waals surface area contributed by atoms with Crippen molar-refractivity contribution in [1.29, 1.82) is 0 Å². The molecule has 0 radical (unpaired) electrons. The zero-order valence-corrected chi connectivity index (χ0v) is 26.6. The Kier molecular flexibility index (Phi) is 8.46. The van der Waals surface area contributed by atoms with Gasteiger partial charge < -0.3 is 15.0 Å². The molecule has 2 aliphatic heterocycles. The molecular weight excluding hydrogens is 705 g/mol. The normalized spacial score (nSPS) is 19.3. The van der Waals surface area contributed by atoms with Crippen LogP contribution in [-0.4, -0.2) is 43.0 Å². The van der Waals surface area contributed by atoms with E-state index in [1.165, 1.54) is 48.5 Å². The van der Waals surface area contributed by atoms with Gasteiger partial charge in [0.2, 0.25) is 21.8 Å². The number of nitrogens with two attached hydrogens (primary N) is 1. The number of alkyl halides is 3. The molecule has 0 aliphatic carbocycles. The number of primary sulfonamides is 1. The summed E-state index contributed by atoms with van der Waals surface area (Å²) in [4.78, 5) is 56.1. The molecular formula is C29H20ClF3N4O7S3. The molecule has 0 spiro atoms. The maximum Gasteiger partial charge on any atom is 0.416 e. The quantitative estimate of drug-likeness (QED) is 0.233. The van der Waals surface area contributed by atoms with Crippen LogP contribution in [0.4, 0.5) is 24.5 Å². The number of ether oxygens (including phenoxy) is 1. The van der Waals surface area contributed by atoms with Crippen molar-refractivity contribution in [3.63, 3.8) is 0 Å². The van der Waals surface area contributed by atoms with Gasteiger partial charge in [0.05, 0.1) is 27.1 Å². The average Bonchev–Trinajstić information content (AvgIpc) is 3.49. The summed E-state index contributed by atoms with van der Waals surface area (Å²) in [5.74, 6) is -4.27. The second-order valence-electron chi connectivity index (χ2n) is 10.4. The molecule has 1 fully saturated rings. The van der Waals surface area contributed by atoms with Gasteiger partial charge in [0.15, 0.2) is 6.61 Å². The summed E-state index contributed by atoms with van der Waals surface area (Å²) in [6.45, 7) is -0.555. The standard InChI is InChI=1S/C29H20ClF3N4O7S3/c30-14-4-9-19(44-12-20(38)35-15-5-7-17(8-6-15)47(34,42)43)18(11-14)21-22-24(45-25-23(21)46-28(41)36-25)27(40)37(26(22)39)16-3-1-2-13(10-16)29(31,32)33/h1-11,21-22,24H,12H2,(H,35,38)(H,36,41)(H2,34,42,43)/t21-,22?,24?/m1/s1. The van der Waals surface area contributed by atoms with Crippen molar-refractivity contribution >= 4 is 73.8 Å². The predicted molar refractivity (Wildman–Crippen MR) is 167 cm³/mol. The number of thiazole rings is 1. The molecule has 11 nitrogen and oxygen atoms in total. The van der Waals surface area contributed by atoms with Crippen molar-refractivity contribution in [1.82, 2.24) is 4.98 Å². The van der Waals surface area contributed by atoms with Crippen molar-refractivity contribution < 1.29 is 40.7 Å². The lowest BCUT2D eigenvalue weighted by Gasteiger charge is -2.31. The zero-order valence-electron chi connectivity index (χ0n) is 23.4. The number of amides is 3. The van der Waals surface area contributed by atoms with Gasteiger partial charge in [-0.2, -0.15) is 13.2 Å². The van der Waals surface area contributed by atoms with Gasteiger partial charge in [-0.25, -0.2) is 18.5 Å². The molecule has 0 bridgehead atoms. The summed E-state index contributed by atoms with van der Waals surface area (Å²) in [7, 11) is -3.94. The number of hydrogen-bond acceptors (Lipinski definition) is 9. The molecule has 4 N–H and O–H groups in total. The van der Waals surface area contributed by atoms with Gasteiger partial charge in [0.25, 0.3) is 5.91 Å². The fraction of sp³-hybridized carbons (Fsp3) is 0.172. The minimum Gasteiger partial charge on any atom is -0.483 e. The monoisotopic (exact) mass is 724 g/mol. The highest BCUT2D eigenvalue weighted by Gasteiger charge is 2.57. The molecule has 3 heterocycles. The lowest BCUT2D eigenvalue weighted by molar-refractivity contribution is -0.137. The van der Waals surface area contributed by atoms with Crippen molar-refractivity contribution in [2.45, 2.75) is 27.3 Å². The maximum absolute atomic E-state index is 14.0. The number of carbonyl (C=O) groups is 3. The summed E-state index contributed by atoms with van der Waals surface area (Å²) >= 11 is 8.08. The molecule has 1 aromatic heterocycles. The van der Waals surface area contributed by atoms with Crippen LogP contribution >= 0.6 is 34.7 Å². The Bertz CT molecular complexity index is 2100. The Hall–Kier alpha value is -4.16. The molecule has 4 aromatic rings. The van der Waals surface area contributed by atoms with Gasteiger partial charge >= 0.3 is 11.0 Å². The van der Waals surface area contributed by atoms with Crippen molar-refractivity contribution in [2.24, 2.45) is 11.1 Å². The van der Waals surface area contributed by atoms with E-state index in [1.807, 2.05) is 0 Å². The molecule has 3 atom stereocenters. The van der Waals surface area contributed by atoms with Crippen LogP contribution in [0, 0.1) is 5.92 Å². The fourth-order valence-electron chi connectivity index (χ4n) is 5.39. The largest absolute Gasteiger partial charge is 0.483 e. The van der Waals surface area contributed by atoms with Crippen LogP contribution < -0.4 is 25.0 Å². The van der Waals surface area contributed by atoms with Crippen LogP contribution in [-0.2, 0) is 30.6 Å². The number of hydrogen-bond donors (Lipinski definition) is 3. The van der Waals surface area contributed by atoms with Crippen molar-refractivity contribution in [3.05, 3.63) is 97.4 Å². The van der Waals surface area contributed by atoms with Crippen LogP contribution in [0.5, 0.6) is 5.75 Å². The first kappa shape index (κ1) is 32.8. The topological polar surface area (TPSA) is 169 Å². The minimum absolute atomic E-state index is 0.0920. The number of H-pyrrole nitrogens is 1. The van der Waals surface area contributed by atoms with Crippen LogP contribution in [0.25, 0.3) is 0 Å². The molecule has 2 aliphatic rings. The van der Waals surface area contributed by atoms with E-state index >= 15 is 0 Å². The number of aromatic amines is 1. The highest BCUT2D eigenvalue weighted by atomic mass is 35.5. The van der Waals surface area contributed by atoms with E-state index in [1.54, 1.807) is 0 Å². The smallest absolute Gasteiger partial charge is 0.416 e. The number of thioether (sulfide) groups is 1. The second-order valence-corrected chi connectivity index (χ2v) is 14.6. The average molecular weight is 725 g/mol. The number of fused-ring (bicyclic) bond motifs is 2. The van der Waals surface area contributed by atoms with E-state index in [0.29, 0.717) is 9.90 Å². The molecule has 2 unspecified atom stereocenters. The van der Waals surface area contributed by atoms with Gasteiger partial charge in [-0.15, -0.1) is 0 Å². The van der Waals surface area contributed by atoms with Crippen LogP contribution in [0.3, 0.4) is 0 Å². The lowest BCUT2D eigenvalue weighted by atomic mass is 9.82. The Balaban J connectivity index is 1.33. The van der Waals surface area contributed by atoms with Gasteiger partial charge in [-0.05, 0) is 60.7 Å². The van der Waals surface area contributed by atoms with E-state index in [2.05, 4.69) is 10.3 Å². The molecule has 3 aromatic carbocycles. The summed E-state index contributed by atoms with van der Waals surface area (Å²) in [6.07, 6.45) is -4.72. The molecule has 1 saturated heterocycles. The number of aromatic nitrogens is 1. The van der Waals surface area contributed by atoms with Crippen LogP contribution in [0.15, 0.2) is 81.4 Å². The number of imide groups is 1. The number of sulfonamides is 1. The Morgan fingerprint density at radius 2 is 1.77 bits per heavy atom. The van der Waals surface area contributed by atoms with E-state index in [0.717, 1.165) is 46.2 Å². The molecule has 18 heteroatoms. The summed E-state index contributed by atoms with van der Waals surface area (Å²) in [5.41, 5.74) is -0.776. The number of nitrogens with one attached hydrogen (secondary N) is 2. The SMILES string of the molecule is NS(=O)(=O)c1ccc(NC(=O)COc2ccc(Cl)cc2[C@H]2c3sc(=O)[nH]c3SC3C(=O)N(c4cccc(C(F)(F)F)c4)C(=O)C32)cc1. The first-order valence-corrected chi connectivity index (χ1v) is 17.0. The maximum atomic E-state index is 14.0. The van der Waals surface area contributed by atoms with Crippen molar-refractivity contribution in [3.8, 4) is 5.75 Å². The number of nitrogens with zero attached hydrogens (tertiary/aromatic N) is 1. The van der Waals surface area contributed by atoms with Crippen molar-refractivity contribution in [2.75, 3.05) is 16.8 Å². The van der Waals surface area contributed by atoms with E-state index in [-0.39, 0.29) is 32.6 Å². The highest BCUT2D eigenvalue weighted by molar-refractivity contribution is 8.00. The van der Waals surface area contributed by atoms with Gasteiger partial charge in [0.1, 0.15) is 11.0 Å². The molecule has 244 valence electrons. The molecule has 3 amide bonds. The third-order valence-corrected chi connectivity index (χ3v) is 11.0. The van der Waals surface area contributed by atoms with Crippen LogP contribution in [0.1, 0.15) is 21.9 Å². The Morgan fingerprint density at radius 3 is 2.45 bits per heavy atom. The predicted octanol–water partition coefficient (Wildman–Crippen LogP) is 4.57. The zero-order chi connectivity index (χ0) is 33.8. The highest BCUT2D eigenvalue weighted by Crippen LogP contribution is 2.55. The number of benzene rings is 3. The van der Waals surface area contributed by atoms with E-state index < -0.39 is 68.1 Å². The number of carbonyl (C=O) groups excluding carboxylic acids is 3. The fourth-order valence-corrected chi connectivity index (χ4v) is 8.59. The third kappa shape index (κ3) is 6.40. The number of halogens is 4. The summed E-state index contributed by atoms with van der Waals surface area (Å²) < 4.78 is 69.3. The van der Waals surface area contributed by atoms with E-state index in [4.69, 9.17) is 21.5 Å². The number of rotatable bonds is 7. The first-order chi connectivity index (χ1) is 22.1. The Labute approximate surface area is 276 Å². The summed E-state index contributed by atoms with van der Waals surface area (Å²) in [5, 5.41) is 7.05. The first-order valence-electron chi connectivity index (χ1n) is 13.4. The van der Waals surface area contributed by atoms with E-state index in [9.17, 15) is 40.8 Å². The molecule has 47 heavy (non-hydrogen) atoms. The third-order valence-electron chi connectivity index (χ3n) is 7.39. The molecule has 0 saturated carbocycles.